The molecular formula is C21H23ClN2O5S. The van der Waals surface area contributed by atoms with Crippen LogP contribution < -0.4 is 4.74 Å². The molecule has 1 fully saturated rings. The Morgan fingerprint density at radius 3 is 2.17 bits per heavy atom. The lowest BCUT2D eigenvalue weighted by Crippen LogP contribution is -2.52. The highest BCUT2D eigenvalue weighted by Crippen LogP contribution is 2.17. The van der Waals surface area contributed by atoms with Crippen molar-refractivity contribution in [2.45, 2.75) is 11.3 Å². The number of ether oxygens (including phenoxy) is 1. The first-order chi connectivity index (χ1) is 14.3. The Kier molecular flexibility index (Phi) is 6.99. The maximum absolute atomic E-state index is 12.6. The monoisotopic (exact) mass is 450 g/mol. The number of halogens is 1. The molecule has 2 amide bonds. The maximum Gasteiger partial charge on any atom is 0.238 e. The summed E-state index contributed by atoms with van der Waals surface area (Å²) in [7, 11) is -2.17. The molecule has 1 saturated heterocycles. The topological polar surface area (TPSA) is 84.0 Å². The van der Waals surface area contributed by atoms with Crippen LogP contribution in [-0.4, -0.2) is 69.1 Å². The number of carbonyl (C=O) groups is 2. The summed E-state index contributed by atoms with van der Waals surface area (Å²) in [6, 6.07) is 13.1. The average molecular weight is 451 g/mol. The predicted molar refractivity (Wildman–Crippen MR) is 113 cm³/mol. The Labute approximate surface area is 181 Å². The highest BCUT2D eigenvalue weighted by atomic mass is 35.5. The lowest BCUT2D eigenvalue weighted by Gasteiger charge is -2.34. The second kappa shape index (κ2) is 9.49. The van der Waals surface area contributed by atoms with Crippen LogP contribution in [0.3, 0.4) is 0 Å². The molecule has 0 atom stereocenters. The number of nitrogens with zero attached hydrogens (tertiary/aromatic N) is 2. The fraction of sp³-hybridized carbons (Fsp3) is 0.333. The van der Waals surface area contributed by atoms with Crippen molar-refractivity contribution in [2.24, 2.45) is 0 Å². The van der Waals surface area contributed by atoms with E-state index in [4.69, 9.17) is 16.3 Å². The summed E-state index contributed by atoms with van der Waals surface area (Å²) < 4.78 is 30.1. The Morgan fingerprint density at radius 1 is 0.967 bits per heavy atom. The number of benzene rings is 2. The first-order valence-electron chi connectivity index (χ1n) is 9.45. The number of rotatable bonds is 6. The van der Waals surface area contributed by atoms with Gasteiger partial charge in [0.1, 0.15) is 11.5 Å². The van der Waals surface area contributed by atoms with Gasteiger partial charge in [-0.05, 0) is 42.0 Å². The predicted octanol–water partition coefficient (Wildman–Crippen LogP) is 2.04. The molecule has 7 nitrogen and oxygen atoms in total. The van der Waals surface area contributed by atoms with Gasteiger partial charge in [-0.3, -0.25) is 9.59 Å². The summed E-state index contributed by atoms with van der Waals surface area (Å²) in [4.78, 5) is 28.3. The van der Waals surface area contributed by atoms with Crippen molar-refractivity contribution < 1.29 is 22.7 Å². The van der Waals surface area contributed by atoms with Crippen molar-refractivity contribution in [1.82, 2.24) is 9.80 Å². The Balaban J connectivity index is 1.53. The van der Waals surface area contributed by atoms with E-state index in [1.54, 1.807) is 12.0 Å². The summed E-state index contributed by atoms with van der Waals surface area (Å²) in [5.41, 5.74) is 0.854. The van der Waals surface area contributed by atoms with Crippen LogP contribution in [0.1, 0.15) is 5.56 Å². The van der Waals surface area contributed by atoms with Crippen molar-refractivity contribution in [2.75, 3.05) is 39.0 Å². The summed E-state index contributed by atoms with van der Waals surface area (Å²) in [6.45, 7) is 1.35. The van der Waals surface area contributed by atoms with Gasteiger partial charge in [-0.2, -0.15) is 0 Å². The normalized spacial score (nSPS) is 14.5. The first kappa shape index (κ1) is 22.1. The highest BCUT2D eigenvalue weighted by Gasteiger charge is 2.28. The molecule has 2 aromatic carbocycles. The van der Waals surface area contributed by atoms with Gasteiger partial charge in [-0.25, -0.2) is 8.42 Å². The van der Waals surface area contributed by atoms with E-state index in [-0.39, 0.29) is 17.2 Å². The minimum atomic E-state index is -3.75. The van der Waals surface area contributed by atoms with Crippen molar-refractivity contribution in [3.8, 4) is 5.75 Å². The molecule has 3 rings (SSSR count). The van der Waals surface area contributed by atoms with Gasteiger partial charge in [0.25, 0.3) is 0 Å². The summed E-state index contributed by atoms with van der Waals surface area (Å²) in [6.07, 6.45) is 0.246. The minimum Gasteiger partial charge on any atom is -0.497 e. The number of hydrogen-bond acceptors (Lipinski definition) is 5. The molecule has 2 aromatic rings. The summed E-state index contributed by atoms with van der Waals surface area (Å²) >= 11 is 5.79. The molecule has 0 aromatic heterocycles. The van der Waals surface area contributed by atoms with Gasteiger partial charge in [-0.15, -0.1) is 0 Å². The molecule has 0 spiro atoms. The Morgan fingerprint density at radius 2 is 1.57 bits per heavy atom. The van der Waals surface area contributed by atoms with E-state index in [0.717, 1.165) is 5.56 Å². The van der Waals surface area contributed by atoms with Crippen LogP contribution >= 0.6 is 11.6 Å². The van der Waals surface area contributed by atoms with Gasteiger partial charge in [0.2, 0.25) is 11.8 Å². The van der Waals surface area contributed by atoms with Gasteiger partial charge in [0.05, 0.1) is 18.4 Å². The first-order valence-corrected chi connectivity index (χ1v) is 11.5. The quantitative estimate of drug-likeness (QED) is 0.672. The third kappa shape index (κ3) is 5.52. The SMILES string of the molecule is COc1cccc(CC(=O)N2CCN(C(=O)CS(=O)(=O)c3ccc(Cl)cc3)CC2)c1. The van der Waals surface area contributed by atoms with Crippen LogP contribution in [0, 0.1) is 0 Å². The number of piperazine rings is 1. The number of methoxy groups -OCH3 is 1. The highest BCUT2D eigenvalue weighted by molar-refractivity contribution is 7.92. The molecule has 1 aliphatic heterocycles. The van der Waals surface area contributed by atoms with Crippen molar-refractivity contribution >= 4 is 33.3 Å². The van der Waals surface area contributed by atoms with Crippen LogP contribution in [0.5, 0.6) is 5.75 Å². The Hall–Kier alpha value is -2.58. The van der Waals surface area contributed by atoms with Gasteiger partial charge in [0, 0.05) is 31.2 Å². The van der Waals surface area contributed by atoms with E-state index < -0.39 is 21.5 Å². The Bertz CT molecular complexity index is 1020. The third-order valence-electron chi connectivity index (χ3n) is 4.96. The lowest BCUT2D eigenvalue weighted by molar-refractivity contribution is -0.137. The van der Waals surface area contributed by atoms with Crippen LogP contribution in [0.25, 0.3) is 0 Å². The minimum absolute atomic E-state index is 0.0378. The number of amides is 2. The van der Waals surface area contributed by atoms with Gasteiger partial charge >= 0.3 is 0 Å². The molecule has 0 radical (unpaired) electrons. The number of hydrogen-bond donors (Lipinski definition) is 0. The van der Waals surface area contributed by atoms with Crippen molar-refractivity contribution in [3.05, 3.63) is 59.1 Å². The average Bonchev–Trinajstić information content (AvgIpc) is 2.74. The lowest BCUT2D eigenvalue weighted by atomic mass is 10.1. The van der Waals surface area contributed by atoms with Gasteiger partial charge < -0.3 is 14.5 Å². The zero-order chi connectivity index (χ0) is 21.7. The fourth-order valence-electron chi connectivity index (χ4n) is 3.25. The second-order valence-electron chi connectivity index (χ2n) is 7.00. The van der Waals surface area contributed by atoms with E-state index in [0.29, 0.717) is 37.0 Å². The van der Waals surface area contributed by atoms with E-state index >= 15 is 0 Å². The molecule has 30 heavy (non-hydrogen) atoms. The van der Waals surface area contributed by atoms with Crippen molar-refractivity contribution in [3.63, 3.8) is 0 Å². The molecule has 0 bridgehead atoms. The van der Waals surface area contributed by atoms with E-state index in [2.05, 4.69) is 0 Å². The largest absolute Gasteiger partial charge is 0.497 e. The molecule has 9 heteroatoms. The van der Waals surface area contributed by atoms with E-state index in [1.807, 2.05) is 24.3 Å². The number of carbonyl (C=O) groups excluding carboxylic acids is 2. The van der Waals surface area contributed by atoms with Crippen LogP contribution in [0.15, 0.2) is 53.4 Å². The second-order valence-corrected chi connectivity index (χ2v) is 9.43. The molecule has 0 aliphatic carbocycles. The van der Waals surface area contributed by atoms with Crippen LogP contribution in [0.2, 0.25) is 5.02 Å². The molecule has 0 unspecified atom stereocenters. The zero-order valence-electron chi connectivity index (χ0n) is 16.6. The smallest absolute Gasteiger partial charge is 0.238 e. The van der Waals surface area contributed by atoms with Crippen LogP contribution in [-0.2, 0) is 25.8 Å². The van der Waals surface area contributed by atoms with Gasteiger partial charge in [-0.1, -0.05) is 23.7 Å². The van der Waals surface area contributed by atoms with Gasteiger partial charge in [0.15, 0.2) is 9.84 Å². The maximum atomic E-state index is 12.6. The summed E-state index contributed by atoms with van der Waals surface area (Å²) in [5, 5.41) is 0.426. The molecular weight excluding hydrogens is 428 g/mol. The molecule has 0 saturated carbocycles. The van der Waals surface area contributed by atoms with Crippen molar-refractivity contribution in [1.29, 1.82) is 0 Å². The molecule has 1 aliphatic rings. The van der Waals surface area contributed by atoms with Crippen LogP contribution in [0.4, 0.5) is 0 Å². The van der Waals surface area contributed by atoms with E-state index in [1.165, 1.54) is 29.2 Å². The van der Waals surface area contributed by atoms with E-state index in [9.17, 15) is 18.0 Å². The molecule has 160 valence electrons. The summed E-state index contributed by atoms with van der Waals surface area (Å²) in [5.74, 6) is -0.418. The third-order valence-corrected chi connectivity index (χ3v) is 6.83. The number of sulfone groups is 1. The fourth-order valence-corrected chi connectivity index (χ4v) is 4.60. The zero-order valence-corrected chi connectivity index (χ0v) is 18.2. The standard InChI is InChI=1S/C21H23ClN2O5S/c1-29-18-4-2-3-16(13-18)14-20(25)23-9-11-24(12-10-23)21(26)15-30(27,28)19-7-5-17(22)6-8-19/h2-8,13H,9-12,14-15H2,1H3. The molecule has 1 heterocycles. The molecule has 0 N–H and O–H groups in total.